The summed E-state index contributed by atoms with van der Waals surface area (Å²) in [5.74, 6) is -0.884. The summed E-state index contributed by atoms with van der Waals surface area (Å²) in [7, 11) is 0. The Morgan fingerprint density at radius 3 is 0.824 bits per heavy atom. The van der Waals surface area contributed by atoms with Crippen LogP contribution in [0.4, 0.5) is 0 Å². The van der Waals surface area contributed by atoms with Crippen LogP contribution < -0.4 is 0 Å². The Bertz CT molecular complexity index is 1370. The van der Waals surface area contributed by atoms with Gasteiger partial charge in [-0.3, -0.25) is 14.4 Å². The molecule has 0 heterocycles. The fourth-order valence-electron chi connectivity index (χ4n) is 9.17. The van der Waals surface area contributed by atoms with Crippen molar-refractivity contribution in [2.45, 2.75) is 329 Å². The molecule has 0 aliphatic heterocycles. The molecule has 428 valence electrons. The van der Waals surface area contributed by atoms with E-state index < -0.39 is 6.10 Å². The molecule has 0 saturated carbocycles. The Morgan fingerprint density at radius 2 is 0.527 bits per heavy atom. The lowest BCUT2D eigenvalue weighted by molar-refractivity contribution is -0.167. The van der Waals surface area contributed by atoms with Crippen molar-refractivity contribution >= 4 is 17.9 Å². The first-order chi connectivity index (χ1) is 36.5. The Balaban J connectivity index is 4.20. The summed E-state index contributed by atoms with van der Waals surface area (Å²) in [4.78, 5) is 38.2. The van der Waals surface area contributed by atoms with Crippen molar-refractivity contribution in [3.8, 4) is 0 Å². The molecule has 6 heteroatoms. The average Bonchev–Trinajstić information content (AvgIpc) is 3.40. The van der Waals surface area contributed by atoms with E-state index in [0.29, 0.717) is 19.3 Å². The van der Waals surface area contributed by atoms with Crippen LogP contribution >= 0.6 is 0 Å². The Hall–Kier alpha value is -3.15. The van der Waals surface area contributed by atoms with Crippen molar-refractivity contribution in [2.24, 2.45) is 0 Å². The van der Waals surface area contributed by atoms with Crippen molar-refractivity contribution in [3.63, 3.8) is 0 Å². The van der Waals surface area contributed by atoms with Crippen molar-refractivity contribution in [3.05, 3.63) is 72.9 Å². The SMILES string of the molecule is CC/C=C\C/C=C\C/C=C\CCCCCCCC(=O)OC(COC(=O)CCCCCCCCCCCCCC)COC(=O)CCCCCCCCCCCCCCCC/C=C\C/C=C\C/C=C\CCCCCCC. The molecule has 0 aromatic carbocycles. The van der Waals surface area contributed by atoms with Gasteiger partial charge in [-0.05, 0) is 89.9 Å². The monoisotopic (exact) mass is 1030 g/mol. The molecule has 74 heavy (non-hydrogen) atoms. The molecule has 0 saturated heterocycles. The zero-order valence-electron chi connectivity index (χ0n) is 49.1. The number of unbranched alkanes of at least 4 members (excludes halogenated alkanes) is 35. The first-order valence-corrected chi connectivity index (χ1v) is 31.9. The number of esters is 3. The van der Waals surface area contributed by atoms with Crippen LogP contribution in [0, 0.1) is 0 Å². The fraction of sp³-hybridized carbons (Fsp3) is 0.779. The van der Waals surface area contributed by atoms with Crippen LogP contribution in [-0.2, 0) is 28.6 Å². The van der Waals surface area contributed by atoms with Crippen molar-refractivity contribution in [1.29, 1.82) is 0 Å². The molecule has 0 aromatic rings. The van der Waals surface area contributed by atoms with Gasteiger partial charge in [0.25, 0.3) is 0 Å². The molecule has 0 aliphatic rings. The molecule has 0 fully saturated rings. The van der Waals surface area contributed by atoms with E-state index in [-0.39, 0.29) is 31.1 Å². The maximum Gasteiger partial charge on any atom is 0.306 e. The minimum atomic E-state index is -0.783. The lowest BCUT2D eigenvalue weighted by Gasteiger charge is -2.18. The third-order valence-corrected chi connectivity index (χ3v) is 13.9. The zero-order valence-corrected chi connectivity index (χ0v) is 49.1. The van der Waals surface area contributed by atoms with E-state index in [1.54, 1.807) is 0 Å². The summed E-state index contributed by atoms with van der Waals surface area (Å²) in [5.41, 5.74) is 0. The number of rotatable bonds is 58. The molecule has 1 atom stereocenters. The maximum atomic E-state index is 12.9. The van der Waals surface area contributed by atoms with Gasteiger partial charge in [0.2, 0.25) is 0 Å². The normalized spacial score (nSPS) is 12.5. The van der Waals surface area contributed by atoms with Crippen LogP contribution in [0.25, 0.3) is 0 Å². The largest absolute Gasteiger partial charge is 0.462 e. The highest BCUT2D eigenvalue weighted by Crippen LogP contribution is 2.17. The van der Waals surface area contributed by atoms with Gasteiger partial charge in [-0.15, -0.1) is 0 Å². The van der Waals surface area contributed by atoms with E-state index in [1.165, 1.54) is 173 Å². The van der Waals surface area contributed by atoms with Gasteiger partial charge in [0.15, 0.2) is 6.10 Å². The van der Waals surface area contributed by atoms with Crippen LogP contribution in [0.15, 0.2) is 72.9 Å². The quantitative estimate of drug-likeness (QED) is 0.0261. The molecular weight excluding hydrogens is 913 g/mol. The zero-order chi connectivity index (χ0) is 53.6. The molecule has 0 bridgehead atoms. The van der Waals surface area contributed by atoms with E-state index in [2.05, 4.69) is 93.7 Å². The van der Waals surface area contributed by atoms with Gasteiger partial charge in [0, 0.05) is 19.3 Å². The second-order valence-electron chi connectivity index (χ2n) is 21.3. The van der Waals surface area contributed by atoms with Crippen LogP contribution in [0.2, 0.25) is 0 Å². The smallest absolute Gasteiger partial charge is 0.306 e. The standard InChI is InChI=1S/C68H120O6/c1-4-7-10-13-16-19-22-25-27-28-29-30-31-32-33-34-35-36-37-38-39-40-42-43-46-49-52-55-58-61-67(70)73-64-65(63-72-66(69)60-57-54-51-48-45-24-21-18-15-12-9-6-3)74-68(71)62-59-56-53-50-47-44-41-26-23-20-17-14-11-8-5-2/h8,11,17,20,22,25-26,28-29,31-32,41,65H,4-7,9-10,12-16,18-19,21,23-24,27,30,33-40,42-64H2,1-3H3/b11-8-,20-17-,25-22-,29-28-,32-31-,41-26-. The first-order valence-electron chi connectivity index (χ1n) is 31.9. The highest BCUT2D eigenvalue weighted by Gasteiger charge is 2.19. The summed E-state index contributed by atoms with van der Waals surface area (Å²) >= 11 is 0. The topological polar surface area (TPSA) is 78.9 Å². The molecule has 0 amide bonds. The summed E-state index contributed by atoms with van der Waals surface area (Å²) in [6, 6.07) is 0. The summed E-state index contributed by atoms with van der Waals surface area (Å²) in [6.45, 7) is 6.53. The van der Waals surface area contributed by atoms with E-state index in [1.807, 2.05) is 0 Å². The Morgan fingerprint density at radius 1 is 0.284 bits per heavy atom. The maximum absolute atomic E-state index is 12.9. The second-order valence-corrected chi connectivity index (χ2v) is 21.3. The van der Waals surface area contributed by atoms with Crippen molar-refractivity contribution in [1.82, 2.24) is 0 Å². The van der Waals surface area contributed by atoms with Crippen molar-refractivity contribution < 1.29 is 28.6 Å². The van der Waals surface area contributed by atoms with Crippen molar-refractivity contribution in [2.75, 3.05) is 13.2 Å². The summed E-state index contributed by atoms with van der Waals surface area (Å²) in [5, 5.41) is 0. The number of ether oxygens (including phenoxy) is 3. The predicted octanol–water partition coefficient (Wildman–Crippen LogP) is 21.7. The number of carbonyl (C=O) groups is 3. The number of hydrogen-bond donors (Lipinski definition) is 0. The van der Waals surface area contributed by atoms with E-state index in [4.69, 9.17) is 14.2 Å². The van der Waals surface area contributed by atoms with Gasteiger partial charge in [-0.2, -0.15) is 0 Å². The number of allylic oxidation sites excluding steroid dienone is 12. The lowest BCUT2D eigenvalue weighted by atomic mass is 10.0. The molecule has 0 radical (unpaired) electrons. The Labute approximate surface area is 459 Å². The van der Waals surface area contributed by atoms with Crippen LogP contribution in [0.3, 0.4) is 0 Å². The molecule has 0 N–H and O–H groups in total. The Kier molecular flexibility index (Phi) is 59.7. The third-order valence-electron chi connectivity index (χ3n) is 13.9. The summed E-state index contributed by atoms with van der Waals surface area (Å²) in [6.07, 6.45) is 80.6. The molecule has 0 spiro atoms. The molecule has 0 rings (SSSR count). The third kappa shape index (κ3) is 59.7. The second kappa shape index (κ2) is 62.4. The highest BCUT2D eigenvalue weighted by atomic mass is 16.6. The minimum absolute atomic E-state index is 0.0792. The predicted molar refractivity (Wildman–Crippen MR) is 321 cm³/mol. The lowest BCUT2D eigenvalue weighted by Crippen LogP contribution is -2.30. The molecular formula is C68H120O6. The van der Waals surface area contributed by atoms with E-state index >= 15 is 0 Å². The highest BCUT2D eigenvalue weighted by molar-refractivity contribution is 5.71. The molecule has 0 aromatic heterocycles. The van der Waals surface area contributed by atoms with Crippen LogP contribution in [0.5, 0.6) is 0 Å². The van der Waals surface area contributed by atoms with Crippen LogP contribution in [-0.4, -0.2) is 37.2 Å². The van der Waals surface area contributed by atoms with Gasteiger partial charge >= 0.3 is 17.9 Å². The molecule has 0 aliphatic carbocycles. The van der Waals surface area contributed by atoms with E-state index in [9.17, 15) is 14.4 Å². The van der Waals surface area contributed by atoms with Gasteiger partial charge < -0.3 is 14.2 Å². The van der Waals surface area contributed by atoms with Crippen LogP contribution in [0.1, 0.15) is 323 Å². The van der Waals surface area contributed by atoms with Gasteiger partial charge in [-0.1, -0.05) is 286 Å². The van der Waals surface area contributed by atoms with Gasteiger partial charge in [-0.25, -0.2) is 0 Å². The summed E-state index contributed by atoms with van der Waals surface area (Å²) < 4.78 is 16.9. The molecule has 1 unspecified atom stereocenters. The number of hydrogen-bond acceptors (Lipinski definition) is 6. The fourth-order valence-corrected chi connectivity index (χ4v) is 9.17. The minimum Gasteiger partial charge on any atom is -0.462 e. The molecule has 6 nitrogen and oxygen atoms in total. The average molecular weight is 1030 g/mol. The van der Waals surface area contributed by atoms with Gasteiger partial charge in [0.05, 0.1) is 0 Å². The number of carbonyl (C=O) groups excluding carboxylic acids is 3. The van der Waals surface area contributed by atoms with Gasteiger partial charge in [0.1, 0.15) is 13.2 Å². The first kappa shape index (κ1) is 70.8. The van der Waals surface area contributed by atoms with E-state index in [0.717, 1.165) is 109 Å².